The van der Waals surface area contributed by atoms with Gasteiger partial charge in [0.05, 0.1) is 24.7 Å². The molecule has 3 aliphatic rings. The fourth-order valence-electron chi connectivity index (χ4n) is 5.35. The molecule has 1 unspecified atom stereocenters. The van der Waals surface area contributed by atoms with Crippen LogP contribution in [-0.2, 0) is 14.8 Å². The van der Waals surface area contributed by atoms with E-state index in [2.05, 4.69) is 9.89 Å². The third kappa shape index (κ3) is 5.84. The number of fused-ring (bicyclic) bond motifs is 2. The summed E-state index contributed by atoms with van der Waals surface area (Å²) in [7, 11) is -1.24. The summed E-state index contributed by atoms with van der Waals surface area (Å²) in [6.07, 6.45) is 8.76. The van der Waals surface area contributed by atoms with Crippen LogP contribution >= 0.6 is 0 Å². The summed E-state index contributed by atoms with van der Waals surface area (Å²) in [6.45, 7) is 4.67. The summed E-state index contributed by atoms with van der Waals surface area (Å²) in [6, 6.07) is 2.01. The smallest absolute Gasteiger partial charge is 0.227 e. The topological polar surface area (TPSA) is 140 Å². The highest BCUT2D eigenvalue weighted by molar-refractivity contribution is 7.89. The SMILES string of the molecule is CCS(=O)(=O)N1[C@@H]2CCC[C@H]1CC(N(C)c1nc(N=C(N)/C=C(/C)N)cc(C3=CCOCC3)n1)C2. The van der Waals surface area contributed by atoms with Gasteiger partial charge < -0.3 is 21.1 Å². The van der Waals surface area contributed by atoms with Gasteiger partial charge >= 0.3 is 0 Å². The summed E-state index contributed by atoms with van der Waals surface area (Å²) in [5.74, 6) is 1.44. The molecule has 1 aromatic rings. The lowest BCUT2D eigenvalue weighted by Crippen LogP contribution is -2.58. The Hall–Kier alpha value is -2.50. The van der Waals surface area contributed by atoms with E-state index in [0.717, 1.165) is 49.8 Å². The highest BCUT2D eigenvalue weighted by atomic mass is 32.2. The second-order valence-electron chi connectivity index (χ2n) is 9.60. The molecule has 3 atom stereocenters. The number of sulfonamides is 1. The van der Waals surface area contributed by atoms with Gasteiger partial charge in [-0.1, -0.05) is 12.5 Å². The number of aliphatic imine (C=N–C) groups is 1. The van der Waals surface area contributed by atoms with Gasteiger partial charge in [0.1, 0.15) is 5.84 Å². The number of nitrogens with two attached hydrogens (primary N) is 2. The van der Waals surface area contributed by atoms with Gasteiger partial charge in [-0.05, 0) is 57.6 Å². The first kappa shape index (κ1) is 25.6. The molecule has 1 aromatic heterocycles. The lowest BCUT2D eigenvalue weighted by molar-refractivity contribution is 0.109. The maximum atomic E-state index is 12.8. The van der Waals surface area contributed by atoms with Gasteiger partial charge in [-0.25, -0.2) is 18.4 Å². The van der Waals surface area contributed by atoms with Crippen molar-refractivity contribution in [1.29, 1.82) is 0 Å². The zero-order valence-corrected chi connectivity index (χ0v) is 21.7. The predicted molar refractivity (Wildman–Crippen MR) is 139 cm³/mol. The summed E-state index contributed by atoms with van der Waals surface area (Å²) in [4.78, 5) is 16.2. The van der Waals surface area contributed by atoms with Crippen LogP contribution in [0.25, 0.3) is 5.57 Å². The molecule has 4 rings (SSSR count). The van der Waals surface area contributed by atoms with E-state index in [0.29, 0.717) is 30.7 Å². The number of hydrogen-bond donors (Lipinski definition) is 2. The van der Waals surface area contributed by atoms with Crippen molar-refractivity contribution >= 4 is 33.2 Å². The summed E-state index contributed by atoms with van der Waals surface area (Å²) in [5.41, 5.74) is 14.3. The third-order valence-electron chi connectivity index (χ3n) is 7.04. The molecule has 10 nitrogen and oxygen atoms in total. The lowest BCUT2D eigenvalue weighted by Gasteiger charge is -2.49. The number of piperidine rings is 2. The van der Waals surface area contributed by atoms with Crippen LogP contribution in [-0.4, -0.2) is 72.7 Å². The van der Waals surface area contributed by atoms with Crippen LogP contribution in [0.3, 0.4) is 0 Å². The van der Waals surface area contributed by atoms with Gasteiger partial charge in [0.15, 0.2) is 5.82 Å². The molecule has 4 heterocycles. The summed E-state index contributed by atoms with van der Waals surface area (Å²) >= 11 is 0. The van der Waals surface area contributed by atoms with Crippen LogP contribution in [0, 0.1) is 0 Å². The average molecular weight is 504 g/mol. The van der Waals surface area contributed by atoms with Crippen molar-refractivity contribution in [2.45, 2.75) is 70.5 Å². The summed E-state index contributed by atoms with van der Waals surface area (Å²) in [5, 5.41) is 0. The molecule has 2 saturated heterocycles. The van der Waals surface area contributed by atoms with Gasteiger partial charge in [0.2, 0.25) is 16.0 Å². The molecule has 3 aliphatic heterocycles. The second kappa shape index (κ2) is 10.6. The largest absolute Gasteiger partial charge is 0.402 e. The Balaban J connectivity index is 1.66. The highest BCUT2D eigenvalue weighted by Crippen LogP contribution is 2.38. The number of anilines is 1. The van der Waals surface area contributed by atoms with E-state index in [-0.39, 0.29) is 29.7 Å². The summed E-state index contributed by atoms with van der Waals surface area (Å²) < 4.78 is 32.8. The minimum Gasteiger partial charge on any atom is -0.402 e. The fraction of sp³-hybridized carbons (Fsp3) is 0.625. The number of nitrogens with zero attached hydrogens (tertiary/aromatic N) is 5. The Morgan fingerprint density at radius 2 is 2.00 bits per heavy atom. The number of hydrogen-bond acceptors (Lipinski definition) is 8. The zero-order valence-electron chi connectivity index (χ0n) is 20.9. The van der Waals surface area contributed by atoms with E-state index in [1.54, 1.807) is 24.2 Å². The van der Waals surface area contributed by atoms with Crippen LogP contribution in [0.15, 0.2) is 28.9 Å². The van der Waals surface area contributed by atoms with Gasteiger partial charge in [-0.2, -0.15) is 9.29 Å². The maximum absolute atomic E-state index is 12.8. The van der Waals surface area contributed by atoms with Crippen LogP contribution in [0.5, 0.6) is 0 Å². The Labute approximate surface area is 208 Å². The average Bonchev–Trinajstić information content (AvgIpc) is 2.82. The Bertz CT molecular complexity index is 1110. The predicted octanol–water partition coefficient (Wildman–Crippen LogP) is 2.30. The standard InChI is InChI=1S/C24H37N7O3S/c1-4-35(32,33)31-18-6-5-7-19(31)14-20(13-18)30(3)24-27-21(17-8-10-34-11-9-17)15-23(29-24)28-22(26)12-16(2)25/h8,12,15,18-20H,4-7,9-11,13-14,25H2,1-3H3,(H2,26,27,28,29)/b16-12-/t18-,19+,20?. The number of rotatable bonds is 7. The second-order valence-corrected chi connectivity index (χ2v) is 11.8. The van der Waals surface area contributed by atoms with Crippen LogP contribution in [0.2, 0.25) is 0 Å². The fourth-order valence-corrected chi connectivity index (χ4v) is 6.94. The minimum absolute atomic E-state index is 0.0205. The molecule has 192 valence electrons. The minimum atomic E-state index is -3.23. The first-order chi connectivity index (χ1) is 16.7. The molecule has 11 heteroatoms. The van der Waals surface area contributed by atoms with E-state index in [1.165, 1.54) is 0 Å². The molecule has 2 fully saturated rings. The molecule has 0 aromatic carbocycles. The van der Waals surface area contributed by atoms with E-state index in [9.17, 15) is 8.42 Å². The molecule has 0 amide bonds. The van der Waals surface area contributed by atoms with E-state index in [4.69, 9.17) is 26.2 Å². The Kier molecular flexibility index (Phi) is 7.77. The Morgan fingerprint density at radius 3 is 2.60 bits per heavy atom. The maximum Gasteiger partial charge on any atom is 0.227 e. The van der Waals surface area contributed by atoms with Crippen molar-refractivity contribution < 1.29 is 13.2 Å². The number of ether oxygens (including phenoxy) is 1. The molecule has 2 bridgehead atoms. The molecule has 0 aliphatic carbocycles. The number of allylic oxidation sites excluding steroid dienone is 1. The van der Waals surface area contributed by atoms with E-state index in [1.807, 2.05) is 19.2 Å². The van der Waals surface area contributed by atoms with Crippen molar-refractivity contribution in [3.63, 3.8) is 0 Å². The first-order valence-corrected chi connectivity index (χ1v) is 14.0. The van der Waals surface area contributed by atoms with Crippen molar-refractivity contribution in [2.24, 2.45) is 16.5 Å². The number of aromatic nitrogens is 2. The zero-order chi connectivity index (χ0) is 25.2. The van der Waals surface area contributed by atoms with Gasteiger partial charge in [-0.3, -0.25) is 0 Å². The van der Waals surface area contributed by atoms with Crippen LogP contribution in [0.4, 0.5) is 11.8 Å². The number of amidine groups is 1. The highest BCUT2D eigenvalue weighted by Gasteiger charge is 2.45. The van der Waals surface area contributed by atoms with E-state index < -0.39 is 10.0 Å². The van der Waals surface area contributed by atoms with Crippen LogP contribution in [0.1, 0.15) is 58.1 Å². The first-order valence-electron chi connectivity index (χ1n) is 12.4. The molecule has 35 heavy (non-hydrogen) atoms. The lowest BCUT2D eigenvalue weighted by atomic mass is 9.83. The Morgan fingerprint density at radius 1 is 1.29 bits per heavy atom. The van der Waals surface area contributed by atoms with Gasteiger partial charge in [0, 0.05) is 36.9 Å². The molecular weight excluding hydrogens is 466 g/mol. The van der Waals surface area contributed by atoms with Gasteiger partial charge in [-0.15, -0.1) is 0 Å². The normalized spacial score (nSPS) is 26.4. The molecule has 0 saturated carbocycles. The molecule has 4 N–H and O–H groups in total. The van der Waals surface area contributed by atoms with Crippen molar-refractivity contribution in [1.82, 2.24) is 14.3 Å². The third-order valence-corrected chi connectivity index (χ3v) is 9.01. The van der Waals surface area contributed by atoms with E-state index >= 15 is 0 Å². The van der Waals surface area contributed by atoms with Gasteiger partial charge in [0.25, 0.3) is 0 Å². The molecule has 0 spiro atoms. The monoisotopic (exact) mass is 503 g/mol. The quantitative estimate of drug-likeness (QED) is 0.427. The van der Waals surface area contributed by atoms with Crippen molar-refractivity contribution in [3.8, 4) is 0 Å². The molecular formula is C24H37N7O3S. The van der Waals surface area contributed by atoms with Crippen LogP contribution < -0.4 is 16.4 Å². The molecule has 0 radical (unpaired) electrons. The van der Waals surface area contributed by atoms with Crippen molar-refractivity contribution in [2.75, 3.05) is 30.9 Å². The van der Waals surface area contributed by atoms with Crippen molar-refractivity contribution in [3.05, 3.63) is 29.6 Å².